The summed E-state index contributed by atoms with van der Waals surface area (Å²) in [5.41, 5.74) is -6.45. The lowest BCUT2D eigenvalue weighted by Gasteiger charge is -2.11. The number of halogens is 4. The standard InChI is InChI=1S/C9H6F4O5S/c1-17-8(14)6-4-5(10)2-3-7(6)18-19(15,16)9(11,12)13/h2-4H,1H3. The minimum atomic E-state index is -5.96. The van der Waals surface area contributed by atoms with Crippen molar-refractivity contribution in [2.75, 3.05) is 7.11 Å². The first-order valence-corrected chi connectivity index (χ1v) is 5.88. The normalized spacial score (nSPS) is 12.1. The van der Waals surface area contributed by atoms with Gasteiger partial charge in [-0.1, -0.05) is 0 Å². The van der Waals surface area contributed by atoms with Gasteiger partial charge in [0.25, 0.3) is 0 Å². The lowest BCUT2D eigenvalue weighted by molar-refractivity contribution is -0.0500. The van der Waals surface area contributed by atoms with E-state index in [4.69, 9.17) is 0 Å². The van der Waals surface area contributed by atoms with Gasteiger partial charge in [0.15, 0.2) is 5.75 Å². The summed E-state index contributed by atoms with van der Waals surface area (Å²) in [6, 6.07) is 1.70. The number of ether oxygens (including phenoxy) is 1. The summed E-state index contributed by atoms with van der Waals surface area (Å²) in [6.45, 7) is 0. The Morgan fingerprint density at radius 3 is 2.32 bits per heavy atom. The maximum Gasteiger partial charge on any atom is 0.534 e. The highest BCUT2D eigenvalue weighted by Gasteiger charge is 2.49. The van der Waals surface area contributed by atoms with Gasteiger partial charge in [0, 0.05) is 0 Å². The molecule has 0 spiro atoms. The van der Waals surface area contributed by atoms with Gasteiger partial charge in [-0.3, -0.25) is 0 Å². The first-order valence-electron chi connectivity index (χ1n) is 4.47. The summed E-state index contributed by atoms with van der Waals surface area (Å²) in [4.78, 5) is 11.2. The summed E-state index contributed by atoms with van der Waals surface area (Å²) < 4.78 is 78.7. The molecule has 0 aromatic heterocycles. The Bertz CT molecular complexity index is 593. The number of alkyl halides is 3. The van der Waals surface area contributed by atoms with Crippen molar-refractivity contribution in [3.63, 3.8) is 0 Å². The van der Waals surface area contributed by atoms with Crippen LogP contribution in [-0.4, -0.2) is 27.0 Å². The lowest BCUT2D eigenvalue weighted by Crippen LogP contribution is -2.28. The van der Waals surface area contributed by atoms with Crippen LogP contribution in [0.25, 0.3) is 0 Å². The minimum Gasteiger partial charge on any atom is -0.465 e. The van der Waals surface area contributed by atoms with Gasteiger partial charge >= 0.3 is 21.6 Å². The van der Waals surface area contributed by atoms with Crippen molar-refractivity contribution in [1.29, 1.82) is 0 Å². The first-order chi connectivity index (χ1) is 8.58. The lowest BCUT2D eigenvalue weighted by atomic mass is 10.2. The summed E-state index contributed by atoms with van der Waals surface area (Å²) in [7, 11) is -5.07. The van der Waals surface area contributed by atoms with E-state index < -0.39 is 38.7 Å². The molecule has 19 heavy (non-hydrogen) atoms. The zero-order valence-corrected chi connectivity index (χ0v) is 10.0. The largest absolute Gasteiger partial charge is 0.534 e. The quantitative estimate of drug-likeness (QED) is 0.369. The Labute approximate surface area is 104 Å². The number of carbonyl (C=O) groups excluding carboxylic acids is 1. The molecular formula is C9H6F4O5S. The van der Waals surface area contributed by atoms with Gasteiger partial charge in [-0.15, -0.1) is 0 Å². The Morgan fingerprint density at radius 1 is 1.26 bits per heavy atom. The van der Waals surface area contributed by atoms with Crippen LogP contribution in [0, 0.1) is 5.82 Å². The van der Waals surface area contributed by atoms with Crippen molar-refractivity contribution in [3.8, 4) is 5.75 Å². The van der Waals surface area contributed by atoms with Crippen molar-refractivity contribution < 1.29 is 39.7 Å². The maximum absolute atomic E-state index is 12.9. The second-order valence-corrected chi connectivity index (χ2v) is 4.65. The molecule has 0 aliphatic rings. The summed E-state index contributed by atoms with van der Waals surface area (Å²) in [5.74, 6) is -3.20. The van der Waals surface area contributed by atoms with E-state index in [0.717, 1.165) is 7.11 Å². The van der Waals surface area contributed by atoms with E-state index in [1.165, 1.54) is 0 Å². The van der Waals surface area contributed by atoms with Crippen LogP contribution >= 0.6 is 0 Å². The van der Waals surface area contributed by atoms with Crippen LogP contribution in [-0.2, 0) is 14.9 Å². The third-order valence-corrected chi connectivity index (χ3v) is 2.80. The third-order valence-electron chi connectivity index (χ3n) is 1.83. The average Bonchev–Trinajstić information content (AvgIpc) is 2.28. The molecule has 0 radical (unpaired) electrons. The number of methoxy groups -OCH3 is 1. The van der Waals surface area contributed by atoms with E-state index in [2.05, 4.69) is 8.92 Å². The predicted molar refractivity (Wildman–Crippen MR) is 53.3 cm³/mol. The molecule has 0 saturated heterocycles. The van der Waals surface area contributed by atoms with Crippen molar-refractivity contribution >= 4 is 16.1 Å². The van der Waals surface area contributed by atoms with Crippen molar-refractivity contribution in [1.82, 2.24) is 0 Å². The smallest absolute Gasteiger partial charge is 0.465 e. The molecule has 106 valence electrons. The molecule has 5 nitrogen and oxygen atoms in total. The fourth-order valence-electron chi connectivity index (χ4n) is 1.01. The predicted octanol–water partition coefficient (Wildman–Crippen LogP) is 1.84. The molecule has 0 amide bonds. The molecule has 1 aromatic carbocycles. The number of rotatable bonds is 3. The monoisotopic (exact) mass is 302 g/mol. The minimum absolute atomic E-state index is 0.493. The van der Waals surface area contributed by atoms with Crippen LogP contribution in [0.2, 0.25) is 0 Å². The van der Waals surface area contributed by atoms with E-state index in [9.17, 15) is 30.8 Å². The van der Waals surface area contributed by atoms with Crippen LogP contribution in [0.4, 0.5) is 17.6 Å². The van der Waals surface area contributed by atoms with Gasteiger partial charge in [-0.05, 0) is 18.2 Å². The molecule has 0 aliphatic carbocycles. The van der Waals surface area contributed by atoms with Crippen LogP contribution in [0.5, 0.6) is 5.75 Å². The van der Waals surface area contributed by atoms with Crippen LogP contribution in [0.15, 0.2) is 18.2 Å². The Morgan fingerprint density at radius 2 is 1.84 bits per heavy atom. The van der Waals surface area contributed by atoms with E-state index in [0.29, 0.717) is 18.2 Å². The van der Waals surface area contributed by atoms with E-state index >= 15 is 0 Å². The van der Waals surface area contributed by atoms with Gasteiger partial charge in [0.2, 0.25) is 0 Å². The number of esters is 1. The van der Waals surface area contributed by atoms with Gasteiger partial charge in [-0.25, -0.2) is 9.18 Å². The second-order valence-electron chi connectivity index (χ2n) is 3.12. The summed E-state index contributed by atoms with van der Waals surface area (Å²) >= 11 is 0. The molecule has 0 atom stereocenters. The fraction of sp³-hybridized carbons (Fsp3) is 0.222. The van der Waals surface area contributed by atoms with Crippen LogP contribution in [0.3, 0.4) is 0 Å². The second kappa shape index (κ2) is 5.03. The third kappa shape index (κ3) is 3.34. The highest BCUT2D eigenvalue weighted by Crippen LogP contribution is 2.29. The molecule has 1 aromatic rings. The number of hydrogen-bond acceptors (Lipinski definition) is 5. The van der Waals surface area contributed by atoms with Crippen molar-refractivity contribution in [2.45, 2.75) is 5.51 Å². The van der Waals surface area contributed by atoms with Crippen molar-refractivity contribution in [2.24, 2.45) is 0 Å². The van der Waals surface area contributed by atoms with Crippen LogP contribution in [0.1, 0.15) is 10.4 Å². The Hall–Kier alpha value is -1.84. The van der Waals surface area contributed by atoms with Gasteiger partial charge in [0.05, 0.1) is 7.11 Å². The SMILES string of the molecule is COC(=O)c1cc(F)ccc1OS(=O)(=O)C(F)(F)F. The molecule has 0 N–H and O–H groups in total. The Balaban J connectivity index is 3.26. The number of carbonyl (C=O) groups is 1. The summed E-state index contributed by atoms with van der Waals surface area (Å²) in [6.07, 6.45) is 0. The molecule has 1 rings (SSSR count). The molecular weight excluding hydrogens is 296 g/mol. The molecule has 10 heteroatoms. The van der Waals surface area contributed by atoms with Gasteiger partial charge < -0.3 is 8.92 Å². The van der Waals surface area contributed by atoms with E-state index in [1.54, 1.807) is 0 Å². The molecule has 0 aliphatic heterocycles. The zero-order valence-electron chi connectivity index (χ0n) is 9.19. The average molecular weight is 302 g/mol. The van der Waals surface area contributed by atoms with Crippen LogP contribution < -0.4 is 4.18 Å². The number of hydrogen-bond donors (Lipinski definition) is 0. The molecule has 0 fully saturated rings. The molecule has 0 heterocycles. The zero-order chi connectivity index (χ0) is 14.8. The highest BCUT2D eigenvalue weighted by molar-refractivity contribution is 7.88. The maximum atomic E-state index is 12.9. The fourth-order valence-corrected chi connectivity index (χ4v) is 1.49. The number of benzene rings is 1. The Kier molecular flexibility index (Phi) is 4.03. The van der Waals surface area contributed by atoms with Gasteiger partial charge in [0.1, 0.15) is 11.4 Å². The molecule has 0 bridgehead atoms. The van der Waals surface area contributed by atoms with Gasteiger partial charge in [-0.2, -0.15) is 21.6 Å². The first kappa shape index (κ1) is 15.2. The van der Waals surface area contributed by atoms with E-state index in [-0.39, 0.29) is 0 Å². The molecule has 0 unspecified atom stereocenters. The van der Waals surface area contributed by atoms with E-state index in [1.807, 2.05) is 0 Å². The molecule has 0 saturated carbocycles. The van der Waals surface area contributed by atoms with Crippen molar-refractivity contribution in [3.05, 3.63) is 29.6 Å². The topological polar surface area (TPSA) is 69.7 Å². The summed E-state index contributed by atoms with van der Waals surface area (Å²) in [5, 5.41) is 0. The highest BCUT2D eigenvalue weighted by atomic mass is 32.2.